The lowest BCUT2D eigenvalue weighted by atomic mass is 10.1. The van der Waals surface area contributed by atoms with E-state index >= 15 is 0 Å². The van der Waals surface area contributed by atoms with Gasteiger partial charge in [-0.2, -0.15) is 4.68 Å². The Morgan fingerprint density at radius 3 is 2.09 bits per heavy atom. The molecule has 0 spiro atoms. The summed E-state index contributed by atoms with van der Waals surface area (Å²) in [5, 5.41) is 5.33. The molecule has 0 aliphatic carbocycles. The maximum Gasteiger partial charge on any atom is 0.330 e. The van der Waals surface area contributed by atoms with Gasteiger partial charge in [0, 0.05) is 15.6 Å². The average Bonchev–Trinajstić information content (AvgIpc) is 2.90. The van der Waals surface area contributed by atoms with Gasteiger partial charge in [0.05, 0.1) is 5.69 Å². The van der Waals surface area contributed by atoms with Crippen LogP contribution >= 0.6 is 34.5 Å². The second kappa shape index (κ2) is 6.04. The maximum absolute atomic E-state index is 12.3. The first-order chi connectivity index (χ1) is 10.5. The Labute approximate surface area is 139 Å². The number of halogens is 2. The molecule has 0 radical (unpaired) electrons. The monoisotopic (exact) mass is 350 g/mol. The molecule has 2 aromatic carbocycles. The van der Waals surface area contributed by atoms with Gasteiger partial charge in [-0.15, -0.1) is 5.10 Å². The summed E-state index contributed by atoms with van der Waals surface area (Å²) < 4.78 is 1.18. The molecule has 0 aliphatic heterocycles. The Morgan fingerprint density at radius 2 is 1.50 bits per heavy atom. The van der Waals surface area contributed by atoms with E-state index in [9.17, 15) is 9.59 Å². The van der Waals surface area contributed by atoms with E-state index in [1.807, 2.05) is 0 Å². The number of ketones is 1. The minimum atomic E-state index is -0.334. The molecular weight excluding hydrogens is 343 g/mol. The molecule has 4 nitrogen and oxygen atoms in total. The summed E-state index contributed by atoms with van der Waals surface area (Å²) in [5.41, 5.74) is 0.988. The molecule has 3 rings (SSSR count). The molecular formula is C15H8Cl2N2O2S. The van der Waals surface area contributed by atoms with Crippen LogP contribution in [-0.4, -0.2) is 15.6 Å². The predicted molar refractivity (Wildman–Crippen MR) is 87.6 cm³/mol. The summed E-state index contributed by atoms with van der Waals surface area (Å²) in [4.78, 5) is 24.0. The van der Waals surface area contributed by atoms with Crippen molar-refractivity contribution >= 4 is 40.3 Å². The van der Waals surface area contributed by atoms with Crippen LogP contribution in [0.1, 0.15) is 15.4 Å². The number of carbonyl (C=O) groups is 1. The third-order valence-corrected chi connectivity index (χ3v) is 4.23. The van der Waals surface area contributed by atoms with E-state index in [1.165, 1.54) is 4.68 Å². The van der Waals surface area contributed by atoms with Gasteiger partial charge in [-0.25, -0.2) is 0 Å². The molecule has 0 amide bonds. The Kier molecular flexibility index (Phi) is 4.11. The van der Waals surface area contributed by atoms with E-state index in [2.05, 4.69) is 5.10 Å². The van der Waals surface area contributed by atoms with Crippen LogP contribution < -0.4 is 4.87 Å². The SMILES string of the molecule is O=C(c1ccc(Cl)cc1)c1nn(-c2ccc(Cl)cc2)c(=O)s1. The van der Waals surface area contributed by atoms with Crippen molar-refractivity contribution in [1.82, 2.24) is 9.78 Å². The first-order valence-corrected chi connectivity index (χ1v) is 7.78. The Hall–Kier alpha value is -1.95. The van der Waals surface area contributed by atoms with Crippen molar-refractivity contribution in [2.24, 2.45) is 0 Å². The van der Waals surface area contributed by atoms with E-state index in [-0.39, 0.29) is 15.7 Å². The molecule has 0 fully saturated rings. The zero-order valence-electron chi connectivity index (χ0n) is 11.0. The van der Waals surface area contributed by atoms with Crippen molar-refractivity contribution in [3.05, 3.63) is 78.8 Å². The first kappa shape index (κ1) is 15.0. The van der Waals surface area contributed by atoms with E-state index in [1.54, 1.807) is 48.5 Å². The molecule has 1 heterocycles. The smallest absolute Gasteiger partial charge is 0.286 e. The molecule has 0 bridgehead atoms. The van der Waals surface area contributed by atoms with Crippen molar-refractivity contribution in [1.29, 1.82) is 0 Å². The molecule has 22 heavy (non-hydrogen) atoms. The molecule has 0 atom stereocenters. The average molecular weight is 351 g/mol. The Balaban J connectivity index is 1.98. The van der Waals surface area contributed by atoms with Crippen LogP contribution in [0.5, 0.6) is 0 Å². The van der Waals surface area contributed by atoms with Gasteiger partial charge in [-0.1, -0.05) is 23.2 Å². The van der Waals surface area contributed by atoms with Crippen LogP contribution in [0.3, 0.4) is 0 Å². The largest absolute Gasteiger partial charge is 0.330 e. The summed E-state index contributed by atoms with van der Waals surface area (Å²) in [5.74, 6) is -0.313. The molecule has 7 heteroatoms. The van der Waals surface area contributed by atoms with Gasteiger partial charge in [-0.05, 0) is 59.9 Å². The first-order valence-electron chi connectivity index (χ1n) is 6.21. The lowest BCUT2D eigenvalue weighted by molar-refractivity contribution is 0.103. The quantitative estimate of drug-likeness (QED) is 0.674. The van der Waals surface area contributed by atoms with E-state index in [0.717, 1.165) is 11.3 Å². The Bertz CT molecular complexity index is 883. The number of hydrogen-bond acceptors (Lipinski definition) is 4. The lowest BCUT2D eigenvalue weighted by Gasteiger charge is -1.99. The van der Waals surface area contributed by atoms with Crippen molar-refractivity contribution in [2.75, 3.05) is 0 Å². The second-order valence-corrected chi connectivity index (χ2v) is 6.21. The molecule has 110 valence electrons. The topological polar surface area (TPSA) is 52.0 Å². The van der Waals surface area contributed by atoms with Crippen LogP contribution in [0.25, 0.3) is 5.69 Å². The van der Waals surface area contributed by atoms with Gasteiger partial charge >= 0.3 is 4.87 Å². The van der Waals surface area contributed by atoms with Crippen molar-refractivity contribution < 1.29 is 4.79 Å². The van der Waals surface area contributed by atoms with Gasteiger partial charge in [0.15, 0.2) is 5.01 Å². The fourth-order valence-electron chi connectivity index (χ4n) is 1.84. The minimum absolute atomic E-state index is 0.127. The van der Waals surface area contributed by atoms with Crippen molar-refractivity contribution in [3.63, 3.8) is 0 Å². The minimum Gasteiger partial charge on any atom is -0.286 e. The lowest BCUT2D eigenvalue weighted by Crippen LogP contribution is -2.12. The molecule has 3 aromatic rings. The molecule has 1 aromatic heterocycles. The summed E-state index contributed by atoms with van der Waals surface area (Å²) in [6.45, 7) is 0. The number of carbonyl (C=O) groups excluding carboxylic acids is 1. The Morgan fingerprint density at radius 1 is 0.955 bits per heavy atom. The fourth-order valence-corrected chi connectivity index (χ4v) is 2.82. The normalized spacial score (nSPS) is 10.6. The van der Waals surface area contributed by atoms with Gasteiger partial charge < -0.3 is 0 Å². The van der Waals surface area contributed by atoms with Gasteiger partial charge in [0.2, 0.25) is 5.78 Å². The van der Waals surface area contributed by atoms with Crippen LogP contribution in [-0.2, 0) is 0 Å². The number of nitrogens with zero attached hydrogens (tertiary/aromatic N) is 2. The standard InChI is InChI=1S/C15H8Cl2N2O2S/c16-10-3-1-9(2-4-10)13(20)14-18-19(15(21)22-14)12-7-5-11(17)6-8-12/h1-8H. The molecule has 0 saturated carbocycles. The summed E-state index contributed by atoms with van der Waals surface area (Å²) in [6.07, 6.45) is 0. The van der Waals surface area contributed by atoms with E-state index in [0.29, 0.717) is 21.3 Å². The number of rotatable bonds is 3. The third kappa shape index (κ3) is 2.97. The zero-order chi connectivity index (χ0) is 15.7. The maximum atomic E-state index is 12.3. The van der Waals surface area contributed by atoms with Crippen LogP contribution in [0, 0.1) is 0 Å². The van der Waals surface area contributed by atoms with Crippen LogP contribution in [0.4, 0.5) is 0 Å². The second-order valence-electron chi connectivity index (χ2n) is 4.40. The molecule has 0 saturated heterocycles. The third-order valence-electron chi connectivity index (χ3n) is 2.92. The summed E-state index contributed by atoms with van der Waals surface area (Å²) in [6, 6.07) is 13.1. The highest BCUT2D eigenvalue weighted by Gasteiger charge is 2.17. The molecule has 0 aliphatic rings. The predicted octanol–water partition coefficient (Wildman–Crippen LogP) is 3.83. The highest BCUT2D eigenvalue weighted by Crippen LogP contribution is 2.16. The van der Waals surface area contributed by atoms with Crippen LogP contribution in [0.2, 0.25) is 10.0 Å². The highest BCUT2D eigenvalue weighted by atomic mass is 35.5. The number of aromatic nitrogens is 2. The van der Waals surface area contributed by atoms with Gasteiger partial charge in [0.25, 0.3) is 0 Å². The van der Waals surface area contributed by atoms with Crippen molar-refractivity contribution in [3.8, 4) is 5.69 Å². The summed E-state index contributed by atoms with van der Waals surface area (Å²) >= 11 is 12.4. The molecule has 0 N–H and O–H groups in total. The van der Waals surface area contributed by atoms with Crippen LogP contribution in [0.15, 0.2) is 53.3 Å². The van der Waals surface area contributed by atoms with Gasteiger partial charge in [-0.3, -0.25) is 9.59 Å². The summed E-state index contributed by atoms with van der Waals surface area (Å²) in [7, 11) is 0. The fraction of sp³-hybridized carbons (Fsp3) is 0. The van der Waals surface area contributed by atoms with Crippen molar-refractivity contribution in [2.45, 2.75) is 0 Å². The highest BCUT2D eigenvalue weighted by molar-refractivity contribution is 7.11. The number of benzene rings is 2. The number of hydrogen-bond donors (Lipinski definition) is 0. The molecule has 0 unspecified atom stereocenters. The zero-order valence-corrected chi connectivity index (χ0v) is 13.3. The van der Waals surface area contributed by atoms with E-state index in [4.69, 9.17) is 23.2 Å². The van der Waals surface area contributed by atoms with E-state index < -0.39 is 0 Å². The van der Waals surface area contributed by atoms with Gasteiger partial charge in [0.1, 0.15) is 0 Å².